The fourth-order valence-corrected chi connectivity index (χ4v) is 3.51. The van der Waals surface area contributed by atoms with Gasteiger partial charge in [-0.15, -0.1) is 5.10 Å². The van der Waals surface area contributed by atoms with E-state index in [0.717, 1.165) is 44.0 Å². The van der Waals surface area contributed by atoms with Gasteiger partial charge < -0.3 is 9.88 Å². The van der Waals surface area contributed by atoms with E-state index in [1.54, 1.807) is 6.07 Å². The van der Waals surface area contributed by atoms with Crippen LogP contribution in [-0.4, -0.2) is 62.6 Å². The zero-order chi connectivity index (χ0) is 19.9. The van der Waals surface area contributed by atoms with Crippen LogP contribution in [0.15, 0.2) is 35.1 Å². The number of likely N-dealkylation sites (N-methyl/N-ethyl adjacent to an activating group) is 1. The Balaban J connectivity index is 1.60. The Bertz CT molecular complexity index is 1020. The number of H-pyrrole nitrogens is 1. The Morgan fingerprint density at radius 1 is 1.07 bits per heavy atom. The third-order valence-corrected chi connectivity index (χ3v) is 5.38. The van der Waals surface area contributed by atoms with Gasteiger partial charge in [-0.1, -0.05) is 45.0 Å². The molecule has 7 nitrogen and oxygen atoms in total. The summed E-state index contributed by atoms with van der Waals surface area (Å²) < 4.78 is 1.35. The zero-order valence-corrected chi connectivity index (χ0v) is 17.1. The van der Waals surface area contributed by atoms with Gasteiger partial charge in [-0.3, -0.25) is 9.69 Å². The van der Waals surface area contributed by atoms with Crippen LogP contribution in [0.2, 0.25) is 0 Å². The van der Waals surface area contributed by atoms with Gasteiger partial charge in [0.2, 0.25) is 5.78 Å². The molecule has 1 aromatic carbocycles. The highest BCUT2D eigenvalue weighted by atomic mass is 16.1. The average molecular weight is 380 g/mol. The molecule has 2 aromatic heterocycles. The number of fused-ring (bicyclic) bond motifs is 1. The second-order valence-electron chi connectivity index (χ2n) is 8.71. The van der Waals surface area contributed by atoms with E-state index in [1.165, 1.54) is 10.1 Å². The second kappa shape index (κ2) is 7.14. The summed E-state index contributed by atoms with van der Waals surface area (Å²) in [5.41, 5.74) is 2.99. The second-order valence-corrected chi connectivity index (χ2v) is 8.71. The molecule has 148 valence electrons. The number of aromatic amines is 1. The molecule has 0 bridgehead atoms. The predicted molar refractivity (Wildman–Crippen MR) is 111 cm³/mol. The van der Waals surface area contributed by atoms with E-state index in [9.17, 15) is 4.79 Å². The van der Waals surface area contributed by atoms with E-state index in [-0.39, 0.29) is 11.0 Å². The third-order valence-electron chi connectivity index (χ3n) is 5.38. The van der Waals surface area contributed by atoms with Crippen molar-refractivity contribution < 1.29 is 0 Å². The fourth-order valence-electron chi connectivity index (χ4n) is 3.51. The van der Waals surface area contributed by atoms with Crippen LogP contribution in [0.25, 0.3) is 17.2 Å². The molecule has 0 radical (unpaired) electrons. The van der Waals surface area contributed by atoms with E-state index in [2.05, 4.69) is 64.8 Å². The van der Waals surface area contributed by atoms with E-state index in [1.807, 2.05) is 12.1 Å². The first-order valence-corrected chi connectivity index (χ1v) is 9.80. The topological polar surface area (TPSA) is 69.5 Å². The molecule has 7 heteroatoms. The molecule has 1 N–H and O–H groups in total. The van der Waals surface area contributed by atoms with Crippen molar-refractivity contribution in [2.24, 2.45) is 0 Å². The molecular weight excluding hydrogens is 352 g/mol. The Hall–Kier alpha value is -2.51. The van der Waals surface area contributed by atoms with Crippen molar-refractivity contribution in [3.8, 4) is 11.4 Å². The molecule has 0 amide bonds. The molecule has 1 saturated heterocycles. The first-order valence-electron chi connectivity index (χ1n) is 9.80. The van der Waals surface area contributed by atoms with Crippen LogP contribution in [-0.2, 0) is 12.0 Å². The van der Waals surface area contributed by atoms with Gasteiger partial charge in [0.1, 0.15) is 0 Å². The Kier molecular flexibility index (Phi) is 4.81. The number of nitrogens with zero attached hydrogens (tertiary/aromatic N) is 5. The monoisotopic (exact) mass is 380 g/mol. The summed E-state index contributed by atoms with van der Waals surface area (Å²) in [6.45, 7) is 11.4. The molecule has 0 atom stereocenters. The molecule has 0 spiro atoms. The van der Waals surface area contributed by atoms with Crippen molar-refractivity contribution in [2.45, 2.75) is 32.7 Å². The van der Waals surface area contributed by atoms with Crippen molar-refractivity contribution in [3.63, 3.8) is 0 Å². The van der Waals surface area contributed by atoms with Gasteiger partial charge in [-0.25, -0.2) is 0 Å². The van der Waals surface area contributed by atoms with Crippen LogP contribution in [0.3, 0.4) is 0 Å². The summed E-state index contributed by atoms with van der Waals surface area (Å²) in [5, 5.41) is 4.41. The number of nitrogens with one attached hydrogen (secondary N) is 1. The number of aromatic nitrogens is 4. The maximum absolute atomic E-state index is 12.5. The lowest BCUT2D eigenvalue weighted by molar-refractivity contribution is 0.147. The number of hydrogen-bond acceptors (Lipinski definition) is 5. The number of rotatable bonds is 3. The predicted octanol–water partition coefficient (Wildman–Crippen LogP) is 2.13. The average Bonchev–Trinajstić information content (AvgIpc) is 3.08. The highest BCUT2D eigenvalue weighted by Gasteiger charge is 2.17. The van der Waals surface area contributed by atoms with E-state index < -0.39 is 0 Å². The molecule has 3 aromatic rings. The number of piperazine rings is 1. The Morgan fingerprint density at radius 3 is 2.39 bits per heavy atom. The SMILES string of the molecule is CN1CCN(Cc2cc(=O)n3nc(-c4ccc(C(C)(C)C)cc4)nc3[nH]2)CC1. The molecule has 1 aliphatic heterocycles. The van der Waals surface area contributed by atoms with Crippen molar-refractivity contribution in [3.05, 3.63) is 51.9 Å². The Morgan fingerprint density at radius 2 is 1.75 bits per heavy atom. The van der Waals surface area contributed by atoms with Gasteiger partial charge >= 0.3 is 0 Å². The number of benzene rings is 1. The number of hydrogen-bond donors (Lipinski definition) is 1. The summed E-state index contributed by atoms with van der Waals surface area (Å²) in [6.07, 6.45) is 0. The van der Waals surface area contributed by atoms with Gasteiger partial charge in [0, 0.05) is 50.0 Å². The minimum Gasteiger partial charge on any atom is -0.326 e. The highest BCUT2D eigenvalue weighted by Crippen LogP contribution is 2.24. The maximum Gasteiger partial charge on any atom is 0.275 e. The van der Waals surface area contributed by atoms with Gasteiger partial charge in [0.25, 0.3) is 5.56 Å². The summed E-state index contributed by atoms with van der Waals surface area (Å²) in [6, 6.07) is 9.87. The van der Waals surface area contributed by atoms with Crippen LogP contribution in [0.4, 0.5) is 0 Å². The molecule has 0 saturated carbocycles. The summed E-state index contributed by atoms with van der Waals surface area (Å²) >= 11 is 0. The van der Waals surface area contributed by atoms with Gasteiger partial charge in [-0.05, 0) is 18.0 Å². The quantitative estimate of drug-likeness (QED) is 0.754. The third kappa shape index (κ3) is 3.86. The molecule has 4 rings (SSSR count). The first kappa shape index (κ1) is 18.8. The van der Waals surface area contributed by atoms with Gasteiger partial charge in [0.15, 0.2) is 5.82 Å². The van der Waals surface area contributed by atoms with Crippen LogP contribution < -0.4 is 5.56 Å². The summed E-state index contributed by atoms with van der Waals surface area (Å²) in [5.74, 6) is 1.05. The molecule has 0 aliphatic carbocycles. The highest BCUT2D eigenvalue weighted by molar-refractivity contribution is 5.57. The normalized spacial score (nSPS) is 16.7. The van der Waals surface area contributed by atoms with Crippen molar-refractivity contribution in [1.82, 2.24) is 29.4 Å². The van der Waals surface area contributed by atoms with Crippen LogP contribution in [0, 0.1) is 0 Å². The minimum absolute atomic E-state index is 0.0962. The van der Waals surface area contributed by atoms with E-state index >= 15 is 0 Å². The van der Waals surface area contributed by atoms with E-state index in [4.69, 9.17) is 0 Å². The summed E-state index contributed by atoms with van der Waals surface area (Å²) in [7, 11) is 2.14. The van der Waals surface area contributed by atoms with Crippen LogP contribution in [0.5, 0.6) is 0 Å². The summed E-state index contributed by atoms with van der Waals surface area (Å²) in [4.78, 5) is 25.1. The maximum atomic E-state index is 12.5. The largest absolute Gasteiger partial charge is 0.326 e. The molecule has 1 fully saturated rings. The van der Waals surface area contributed by atoms with E-state index in [0.29, 0.717) is 11.6 Å². The molecular formula is C21H28N6O. The van der Waals surface area contributed by atoms with Crippen molar-refractivity contribution in [1.29, 1.82) is 0 Å². The minimum atomic E-state index is -0.150. The first-order chi connectivity index (χ1) is 13.3. The molecule has 0 unspecified atom stereocenters. The Labute approximate surface area is 165 Å². The smallest absolute Gasteiger partial charge is 0.275 e. The molecule has 28 heavy (non-hydrogen) atoms. The van der Waals surface area contributed by atoms with Gasteiger partial charge in [-0.2, -0.15) is 9.50 Å². The lowest BCUT2D eigenvalue weighted by atomic mass is 9.87. The molecule has 1 aliphatic rings. The lowest BCUT2D eigenvalue weighted by Gasteiger charge is -2.32. The van der Waals surface area contributed by atoms with Gasteiger partial charge in [0.05, 0.1) is 0 Å². The van der Waals surface area contributed by atoms with Crippen molar-refractivity contribution >= 4 is 5.78 Å². The van der Waals surface area contributed by atoms with Crippen LogP contribution in [0.1, 0.15) is 32.0 Å². The van der Waals surface area contributed by atoms with Crippen molar-refractivity contribution in [2.75, 3.05) is 33.2 Å². The molecule has 3 heterocycles. The fraction of sp³-hybridized carbons (Fsp3) is 0.476. The zero-order valence-electron chi connectivity index (χ0n) is 17.1. The van der Waals surface area contributed by atoms with Crippen LogP contribution >= 0.6 is 0 Å². The lowest BCUT2D eigenvalue weighted by Crippen LogP contribution is -2.44. The standard InChI is InChI=1S/C21H28N6O/c1-21(2,3)16-7-5-15(6-8-16)19-23-20-22-17(13-18(28)27(20)24-19)14-26-11-9-25(4)10-12-26/h5-8,13H,9-12,14H2,1-4H3,(H,22,23,24).